The molecule has 0 bridgehead atoms. The second-order valence-corrected chi connectivity index (χ2v) is 6.22. The lowest BCUT2D eigenvalue weighted by atomic mass is 9.74. The maximum Gasteiger partial charge on any atom is 0.315 e. The molecule has 0 spiro atoms. The first-order valence-corrected chi connectivity index (χ1v) is 7.95. The second kappa shape index (κ2) is 7.11. The van der Waals surface area contributed by atoms with E-state index in [4.69, 9.17) is 4.74 Å². The fourth-order valence-electron chi connectivity index (χ4n) is 3.24. The number of amides is 2. The summed E-state index contributed by atoms with van der Waals surface area (Å²) in [5.74, 6) is -0.789. The van der Waals surface area contributed by atoms with E-state index < -0.39 is 11.4 Å². The van der Waals surface area contributed by atoms with E-state index in [9.17, 15) is 14.7 Å². The molecule has 3 N–H and O–H groups in total. The Morgan fingerprint density at radius 2 is 1.90 bits per heavy atom. The lowest BCUT2D eigenvalue weighted by Crippen LogP contribution is -2.53. The van der Waals surface area contributed by atoms with Gasteiger partial charge in [0.05, 0.1) is 11.5 Å². The van der Waals surface area contributed by atoms with Crippen molar-refractivity contribution in [2.45, 2.75) is 64.0 Å². The van der Waals surface area contributed by atoms with Crippen molar-refractivity contribution in [2.24, 2.45) is 5.41 Å². The van der Waals surface area contributed by atoms with E-state index in [1.807, 2.05) is 6.92 Å². The molecule has 0 aliphatic heterocycles. The van der Waals surface area contributed by atoms with E-state index in [1.165, 1.54) is 0 Å². The van der Waals surface area contributed by atoms with Gasteiger partial charge < -0.3 is 20.5 Å². The first-order valence-electron chi connectivity index (χ1n) is 7.95. The van der Waals surface area contributed by atoms with E-state index in [0.717, 1.165) is 32.1 Å². The Kier molecular flexibility index (Phi) is 5.45. The standard InChI is InChI=1S/C15H26N2O4/c1-2-21-12-8-11(9-12)17-14(20)16-10-15(13(18)19)6-4-3-5-7-15/h11-12H,2-10H2,1H3,(H,18,19)(H2,16,17,20). The summed E-state index contributed by atoms with van der Waals surface area (Å²) >= 11 is 0. The fraction of sp³-hybridized carbons (Fsp3) is 0.867. The minimum Gasteiger partial charge on any atom is -0.481 e. The lowest BCUT2D eigenvalue weighted by Gasteiger charge is -2.36. The maximum atomic E-state index is 11.9. The average molecular weight is 298 g/mol. The molecule has 2 saturated carbocycles. The van der Waals surface area contributed by atoms with Crippen molar-refractivity contribution in [2.75, 3.05) is 13.2 Å². The summed E-state index contributed by atoms with van der Waals surface area (Å²) < 4.78 is 5.44. The van der Waals surface area contributed by atoms with Gasteiger partial charge in [-0.1, -0.05) is 19.3 Å². The summed E-state index contributed by atoms with van der Waals surface area (Å²) in [5, 5.41) is 15.1. The van der Waals surface area contributed by atoms with Crippen LogP contribution in [0.2, 0.25) is 0 Å². The Bertz CT molecular complexity index is 374. The van der Waals surface area contributed by atoms with E-state index >= 15 is 0 Å². The van der Waals surface area contributed by atoms with Crippen LogP contribution in [0.5, 0.6) is 0 Å². The zero-order chi connectivity index (χ0) is 15.3. The van der Waals surface area contributed by atoms with Crippen molar-refractivity contribution >= 4 is 12.0 Å². The third kappa shape index (κ3) is 4.09. The molecule has 0 radical (unpaired) electrons. The van der Waals surface area contributed by atoms with Crippen molar-refractivity contribution in [3.05, 3.63) is 0 Å². The van der Waals surface area contributed by atoms with Gasteiger partial charge in [-0.15, -0.1) is 0 Å². The van der Waals surface area contributed by atoms with Gasteiger partial charge in [0.15, 0.2) is 0 Å². The Hall–Kier alpha value is -1.30. The largest absolute Gasteiger partial charge is 0.481 e. The zero-order valence-corrected chi connectivity index (χ0v) is 12.7. The molecule has 2 amide bonds. The first-order chi connectivity index (χ1) is 10.1. The van der Waals surface area contributed by atoms with Crippen LogP contribution < -0.4 is 10.6 Å². The number of nitrogens with one attached hydrogen (secondary N) is 2. The third-order valence-corrected chi connectivity index (χ3v) is 4.68. The molecule has 0 atom stereocenters. The molecule has 21 heavy (non-hydrogen) atoms. The van der Waals surface area contributed by atoms with Crippen LogP contribution in [0.3, 0.4) is 0 Å². The Labute approximate surface area is 125 Å². The number of ether oxygens (including phenoxy) is 1. The number of rotatable bonds is 6. The van der Waals surface area contributed by atoms with Gasteiger partial charge in [-0.3, -0.25) is 4.79 Å². The molecule has 0 aromatic rings. The number of urea groups is 1. The van der Waals surface area contributed by atoms with E-state index in [2.05, 4.69) is 10.6 Å². The highest BCUT2D eigenvalue weighted by molar-refractivity contribution is 5.78. The van der Waals surface area contributed by atoms with Crippen molar-refractivity contribution < 1.29 is 19.4 Å². The molecule has 0 saturated heterocycles. The van der Waals surface area contributed by atoms with Crippen molar-refractivity contribution in [1.82, 2.24) is 10.6 Å². The molecule has 2 rings (SSSR count). The molecule has 2 aliphatic carbocycles. The highest BCUT2D eigenvalue weighted by atomic mass is 16.5. The summed E-state index contributed by atoms with van der Waals surface area (Å²) in [6, 6.07) is -0.116. The smallest absolute Gasteiger partial charge is 0.315 e. The van der Waals surface area contributed by atoms with Gasteiger partial charge >= 0.3 is 12.0 Å². The van der Waals surface area contributed by atoms with Gasteiger partial charge in [-0.05, 0) is 32.6 Å². The van der Waals surface area contributed by atoms with Crippen molar-refractivity contribution in [3.63, 3.8) is 0 Å². The van der Waals surface area contributed by atoms with Crippen molar-refractivity contribution in [1.29, 1.82) is 0 Å². The Balaban J connectivity index is 1.71. The summed E-state index contributed by atoms with van der Waals surface area (Å²) in [5.41, 5.74) is -0.775. The van der Waals surface area contributed by atoms with E-state index in [1.54, 1.807) is 0 Å². The SMILES string of the molecule is CCOC1CC(NC(=O)NCC2(C(=O)O)CCCCC2)C1. The first kappa shape index (κ1) is 16.1. The van der Waals surface area contributed by atoms with E-state index in [0.29, 0.717) is 19.4 Å². The monoisotopic (exact) mass is 298 g/mol. The summed E-state index contributed by atoms with van der Waals surface area (Å²) in [6.07, 6.45) is 6.17. The number of carbonyl (C=O) groups excluding carboxylic acids is 1. The third-order valence-electron chi connectivity index (χ3n) is 4.68. The number of carbonyl (C=O) groups is 2. The molecule has 6 nitrogen and oxygen atoms in total. The highest BCUT2D eigenvalue weighted by Crippen LogP contribution is 2.36. The van der Waals surface area contributed by atoms with Gasteiger partial charge in [0.1, 0.15) is 0 Å². The summed E-state index contributed by atoms with van der Waals surface area (Å²) in [4.78, 5) is 23.4. The minimum absolute atomic E-state index is 0.147. The molecule has 0 aromatic carbocycles. The predicted octanol–water partition coefficient (Wildman–Crippen LogP) is 1.89. The van der Waals surface area contributed by atoms with Crippen LogP contribution in [0.15, 0.2) is 0 Å². The van der Waals surface area contributed by atoms with Crippen LogP contribution in [0.4, 0.5) is 4.79 Å². The highest BCUT2D eigenvalue weighted by Gasteiger charge is 2.40. The number of carboxylic acid groups (broad SMARTS) is 1. The zero-order valence-electron chi connectivity index (χ0n) is 12.7. The number of hydrogen-bond acceptors (Lipinski definition) is 3. The predicted molar refractivity (Wildman–Crippen MR) is 78.1 cm³/mol. The van der Waals surface area contributed by atoms with Crippen LogP contribution in [0.25, 0.3) is 0 Å². The van der Waals surface area contributed by atoms with Crippen LogP contribution in [-0.4, -0.2) is 42.4 Å². The van der Waals surface area contributed by atoms with Gasteiger partial charge in [0.2, 0.25) is 0 Å². The Morgan fingerprint density at radius 1 is 1.24 bits per heavy atom. The quantitative estimate of drug-likeness (QED) is 0.699. The second-order valence-electron chi connectivity index (χ2n) is 6.22. The molecule has 2 fully saturated rings. The van der Waals surface area contributed by atoms with Gasteiger partial charge in [-0.2, -0.15) is 0 Å². The van der Waals surface area contributed by atoms with Crippen LogP contribution in [0, 0.1) is 5.41 Å². The van der Waals surface area contributed by atoms with Gasteiger partial charge in [0.25, 0.3) is 0 Å². The molecular weight excluding hydrogens is 272 g/mol. The number of aliphatic carboxylic acids is 1. The topological polar surface area (TPSA) is 87.7 Å². The molecule has 0 aromatic heterocycles. The lowest BCUT2D eigenvalue weighted by molar-refractivity contribution is -0.150. The molecule has 6 heteroatoms. The maximum absolute atomic E-state index is 11.9. The molecule has 0 unspecified atom stereocenters. The van der Waals surface area contributed by atoms with Crippen molar-refractivity contribution in [3.8, 4) is 0 Å². The summed E-state index contributed by atoms with van der Waals surface area (Å²) in [7, 11) is 0. The normalized spacial score (nSPS) is 27.5. The fourth-order valence-corrected chi connectivity index (χ4v) is 3.24. The molecule has 120 valence electrons. The molecule has 0 heterocycles. The number of hydrogen-bond donors (Lipinski definition) is 3. The summed E-state index contributed by atoms with van der Waals surface area (Å²) in [6.45, 7) is 2.88. The average Bonchev–Trinajstić information content (AvgIpc) is 2.44. The Morgan fingerprint density at radius 3 is 2.48 bits per heavy atom. The molecular formula is C15H26N2O4. The van der Waals surface area contributed by atoms with Crippen LogP contribution >= 0.6 is 0 Å². The minimum atomic E-state index is -0.789. The molecule has 2 aliphatic rings. The van der Waals surface area contributed by atoms with Gasteiger partial charge in [-0.25, -0.2) is 4.79 Å². The number of carboxylic acids is 1. The van der Waals surface area contributed by atoms with Crippen LogP contribution in [0.1, 0.15) is 51.9 Å². The van der Waals surface area contributed by atoms with Crippen LogP contribution in [-0.2, 0) is 9.53 Å². The van der Waals surface area contributed by atoms with Gasteiger partial charge in [0, 0.05) is 19.2 Å². The van der Waals surface area contributed by atoms with E-state index in [-0.39, 0.29) is 24.7 Å².